The van der Waals surface area contributed by atoms with E-state index < -0.39 is 5.54 Å². The van der Waals surface area contributed by atoms with Crippen molar-refractivity contribution in [2.24, 2.45) is 0 Å². The van der Waals surface area contributed by atoms with Crippen molar-refractivity contribution in [1.82, 2.24) is 25.2 Å². The van der Waals surface area contributed by atoms with Crippen LogP contribution in [0.5, 0.6) is 11.5 Å². The highest BCUT2D eigenvalue weighted by Crippen LogP contribution is 2.24. The van der Waals surface area contributed by atoms with E-state index in [0.717, 1.165) is 11.4 Å². The summed E-state index contributed by atoms with van der Waals surface area (Å²) in [6, 6.07) is 16.7. The van der Waals surface area contributed by atoms with Gasteiger partial charge in [0.1, 0.15) is 17.0 Å². The van der Waals surface area contributed by atoms with Gasteiger partial charge in [0, 0.05) is 18.8 Å². The fraction of sp³-hybridized carbons (Fsp3) is 0.261. The molecule has 2 heterocycles. The van der Waals surface area contributed by atoms with Gasteiger partial charge in [-0.3, -0.25) is 10.2 Å². The molecule has 5 N–H and O–H groups in total. The number of amides is 1. The largest absolute Gasteiger partial charge is 0.457 e. The fourth-order valence-corrected chi connectivity index (χ4v) is 3.38. The second kappa shape index (κ2) is 9.61. The van der Waals surface area contributed by atoms with Crippen molar-refractivity contribution in [3.8, 4) is 11.5 Å². The van der Waals surface area contributed by atoms with E-state index in [1.165, 1.54) is 0 Å². The predicted molar refractivity (Wildman–Crippen MR) is 127 cm³/mol. The minimum absolute atomic E-state index is 0.0179. The minimum atomic E-state index is -0.892. The lowest BCUT2D eigenvalue weighted by Crippen LogP contribution is -2.63. The van der Waals surface area contributed by atoms with Crippen LogP contribution in [0, 0.1) is 5.41 Å². The number of aromatic nitrogens is 3. The number of hydrogen-bond acceptors (Lipinski definition) is 9. The zero-order valence-corrected chi connectivity index (χ0v) is 18.9. The Balaban J connectivity index is 1.38. The number of nitrogen functional groups attached to an aromatic ring is 1. The number of benzene rings is 2. The normalized spacial score (nSPS) is 14.8. The number of rotatable bonds is 6. The Bertz CT molecular complexity index is 1170. The van der Waals surface area contributed by atoms with Crippen LogP contribution in [-0.4, -0.2) is 50.4 Å². The van der Waals surface area contributed by atoms with Crippen LogP contribution in [0.1, 0.15) is 19.7 Å². The molecule has 4 rings (SSSR count). The van der Waals surface area contributed by atoms with Gasteiger partial charge in [-0.15, -0.1) is 0 Å². The van der Waals surface area contributed by atoms with E-state index in [1.54, 1.807) is 18.7 Å². The van der Waals surface area contributed by atoms with Gasteiger partial charge in [0.2, 0.25) is 17.8 Å². The molecule has 3 aromatic rings. The number of carbonyl (C=O) groups excluding carboxylic acids is 1. The van der Waals surface area contributed by atoms with Crippen molar-refractivity contribution in [3.05, 3.63) is 60.4 Å². The van der Waals surface area contributed by atoms with E-state index in [4.69, 9.17) is 20.6 Å². The molecule has 1 aliphatic heterocycles. The maximum Gasteiger partial charge on any atom is 0.285 e. The number of amidine groups is 1. The van der Waals surface area contributed by atoms with E-state index >= 15 is 0 Å². The number of nitrogens with zero attached hydrogens (tertiary/aromatic N) is 4. The molecular weight excluding hydrogens is 436 g/mol. The van der Waals surface area contributed by atoms with Crippen LogP contribution in [0.15, 0.2) is 54.6 Å². The molecule has 0 aliphatic carbocycles. The van der Waals surface area contributed by atoms with E-state index in [0.29, 0.717) is 18.8 Å². The van der Waals surface area contributed by atoms with Gasteiger partial charge in [0.15, 0.2) is 12.4 Å². The lowest BCUT2D eigenvalue weighted by atomic mass is 10.00. The topological polar surface area (TPSA) is 151 Å². The fourth-order valence-electron chi connectivity index (χ4n) is 3.38. The molecule has 11 heteroatoms. The van der Waals surface area contributed by atoms with Crippen molar-refractivity contribution >= 4 is 29.5 Å². The van der Waals surface area contributed by atoms with Crippen LogP contribution < -0.4 is 21.1 Å². The van der Waals surface area contributed by atoms with Crippen molar-refractivity contribution < 1.29 is 14.3 Å². The van der Waals surface area contributed by atoms with Gasteiger partial charge < -0.3 is 30.7 Å². The summed E-state index contributed by atoms with van der Waals surface area (Å²) in [5, 5.41) is 14.1. The second-order valence-electron chi connectivity index (χ2n) is 8.06. The molecule has 1 aliphatic rings. The Labute approximate surface area is 196 Å². The van der Waals surface area contributed by atoms with E-state index in [2.05, 4.69) is 25.6 Å². The van der Waals surface area contributed by atoms with Crippen molar-refractivity contribution in [2.45, 2.75) is 26.0 Å². The van der Waals surface area contributed by atoms with Crippen LogP contribution in [0.2, 0.25) is 0 Å². The second-order valence-corrected chi connectivity index (χ2v) is 8.06. The SMILES string of the molecule is CC1(C)C(=O)NCCN1C(=N)OCc1nc(N)nc(Nc2ccc(Oc3ccccc3)cc2)n1. The average Bonchev–Trinajstić information content (AvgIpc) is 2.81. The lowest BCUT2D eigenvalue weighted by molar-refractivity contribution is -0.132. The molecule has 0 bridgehead atoms. The maximum absolute atomic E-state index is 12.1. The van der Waals surface area contributed by atoms with Gasteiger partial charge in [0.05, 0.1) is 0 Å². The first-order valence-corrected chi connectivity index (χ1v) is 10.7. The molecule has 0 saturated carbocycles. The first-order valence-electron chi connectivity index (χ1n) is 10.7. The number of carbonyl (C=O) groups is 1. The molecule has 0 spiro atoms. The van der Waals surface area contributed by atoms with Gasteiger partial charge in [-0.05, 0) is 50.2 Å². The third-order valence-electron chi connectivity index (χ3n) is 5.22. The molecule has 11 nitrogen and oxygen atoms in total. The molecule has 1 saturated heterocycles. The van der Waals surface area contributed by atoms with Gasteiger partial charge in [-0.25, -0.2) is 0 Å². The minimum Gasteiger partial charge on any atom is -0.457 e. The highest BCUT2D eigenvalue weighted by Gasteiger charge is 2.39. The molecule has 1 aromatic heterocycles. The van der Waals surface area contributed by atoms with Crippen molar-refractivity contribution in [3.63, 3.8) is 0 Å². The Morgan fingerprint density at radius 3 is 2.56 bits per heavy atom. The van der Waals surface area contributed by atoms with Crippen LogP contribution in [-0.2, 0) is 16.1 Å². The van der Waals surface area contributed by atoms with Gasteiger partial charge in [-0.2, -0.15) is 15.0 Å². The Morgan fingerprint density at radius 2 is 1.82 bits per heavy atom. The third-order valence-corrected chi connectivity index (χ3v) is 5.22. The molecule has 1 amide bonds. The average molecular weight is 463 g/mol. The summed E-state index contributed by atoms with van der Waals surface area (Å²) in [5.41, 5.74) is 5.67. The molecule has 34 heavy (non-hydrogen) atoms. The standard InChI is InChI=1S/C23H26N8O3/c1-23(2)19(32)26-12-13-31(23)21(25)33-14-18-28-20(24)30-22(29-18)27-15-8-10-17(11-9-15)34-16-6-4-3-5-7-16/h3-11,25H,12-14H2,1-2H3,(H,26,32)(H3,24,27,28,29,30). The molecule has 176 valence electrons. The molecule has 0 radical (unpaired) electrons. The first-order chi connectivity index (χ1) is 16.3. The first kappa shape index (κ1) is 22.8. The number of para-hydroxylation sites is 1. The summed E-state index contributed by atoms with van der Waals surface area (Å²) in [4.78, 5) is 26.2. The van der Waals surface area contributed by atoms with E-state index in [1.807, 2.05) is 54.6 Å². The van der Waals surface area contributed by atoms with Gasteiger partial charge in [-0.1, -0.05) is 18.2 Å². The smallest absolute Gasteiger partial charge is 0.285 e. The van der Waals surface area contributed by atoms with Crippen molar-refractivity contribution in [1.29, 1.82) is 5.41 Å². The number of ether oxygens (including phenoxy) is 2. The summed E-state index contributed by atoms with van der Waals surface area (Å²) in [6.07, 6.45) is 0. The number of hydrogen-bond donors (Lipinski definition) is 4. The van der Waals surface area contributed by atoms with Gasteiger partial charge in [0.25, 0.3) is 6.02 Å². The number of anilines is 3. The zero-order chi connectivity index (χ0) is 24.1. The molecule has 0 unspecified atom stereocenters. The highest BCUT2D eigenvalue weighted by molar-refractivity contribution is 5.90. The van der Waals surface area contributed by atoms with E-state index in [-0.39, 0.29) is 36.3 Å². The maximum atomic E-state index is 12.1. The lowest BCUT2D eigenvalue weighted by Gasteiger charge is -2.41. The molecule has 1 fully saturated rings. The van der Waals surface area contributed by atoms with Gasteiger partial charge >= 0.3 is 0 Å². The highest BCUT2D eigenvalue weighted by atomic mass is 16.5. The van der Waals surface area contributed by atoms with E-state index in [9.17, 15) is 4.79 Å². The molecule has 0 atom stereocenters. The summed E-state index contributed by atoms with van der Waals surface area (Å²) < 4.78 is 11.4. The predicted octanol–water partition coefficient (Wildman–Crippen LogP) is 2.65. The van der Waals surface area contributed by atoms with Crippen LogP contribution >= 0.6 is 0 Å². The number of piperazine rings is 1. The Kier molecular flexibility index (Phi) is 6.44. The molecular formula is C23H26N8O3. The zero-order valence-electron chi connectivity index (χ0n) is 18.9. The number of nitrogens with two attached hydrogens (primary N) is 1. The third kappa shape index (κ3) is 5.31. The Morgan fingerprint density at radius 1 is 1.12 bits per heavy atom. The summed E-state index contributed by atoms with van der Waals surface area (Å²) in [7, 11) is 0. The summed E-state index contributed by atoms with van der Waals surface area (Å²) in [5.74, 6) is 1.79. The molecule has 2 aromatic carbocycles. The van der Waals surface area contributed by atoms with Crippen LogP contribution in [0.3, 0.4) is 0 Å². The number of nitrogens with one attached hydrogen (secondary N) is 3. The Hall–Kier alpha value is -4.41. The quantitative estimate of drug-likeness (QED) is 0.320. The van der Waals surface area contributed by atoms with Crippen LogP contribution in [0.4, 0.5) is 17.6 Å². The summed E-state index contributed by atoms with van der Waals surface area (Å²) >= 11 is 0. The summed E-state index contributed by atoms with van der Waals surface area (Å²) in [6.45, 7) is 4.28. The van der Waals surface area contributed by atoms with Crippen LogP contribution in [0.25, 0.3) is 0 Å². The monoisotopic (exact) mass is 462 g/mol. The van der Waals surface area contributed by atoms with Crippen molar-refractivity contribution in [2.75, 3.05) is 24.1 Å².